The molecule has 0 aliphatic carbocycles. The van der Waals surface area contributed by atoms with Crippen LogP contribution in [-0.2, 0) is 0 Å². The van der Waals surface area contributed by atoms with Crippen LogP contribution in [0.3, 0.4) is 0 Å². The van der Waals surface area contributed by atoms with Gasteiger partial charge in [-0.2, -0.15) is 0 Å². The standard InChI is InChI=1S/C12H8Cl2FN3O/c1-6-4-7(2-3-8(6)15)11(19)17-10-5-9(13)16-12(14)18-10/h2-5H,1H3,(H,16,17,18,19). The van der Waals surface area contributed by atoms with Gasteiger partial charge in [-0.15, -0.1) is 0 Å². The number of hydrogen-bond acceptors (Lipinski definition) is 3. The van der Waals surface area contributed by atoms with Crippen LogP contribution < -0.4 is 5.32 Å². The summed E-state index contributed by atoms with van der Waals surface area (Å²) >= 11 is 11.3. The molecule has 2 aromatic rings. The highest BCUT2D eigenvalue weighted by molar-refractivity contribution is 6.32. The van der Waals surface area contributed by atoms with Crippen LogP contribution in [0.4, 0.5) is 10.2 Å². The lowest BCUT2D eigenvalue weighted by Gasteiger charge is -2.06. The van der Waals surface area contributed by atoms with Gasteiger partial charge in [0.2, 0.25) is 5.28 Å². The summed E-state index contributed by atoms with van der Waals surface area (Å²) in [6.45, 7) is 1.57. The van der Waals surface area contributed by atoms with E-state index in [0.717, 1.165) is 0 Å². The van der Waals surface area contributed by atoms with Crippen molar-refractivity contribution in [2.45, 2.75) is 6.92 Å². The molecule has 19 heavy (non-hydrogen) atoms. The molecule has 0 bridgehead atoms. The van der Waals surface area contributed by atoms with Gasteiger partial charge in [0.1, 0.15) is 16.8 Å². The number of amides is 1. The van der Waals surface area contributed by atoms with Crippen LogP contribution >= 0.6 is 23.2 Å². The predicted octanol–water partition coefficient (Wildman–Crippen LogP) is 3.48. The highest BCUT2D eigenvalue weighted by atomic mass is 35.5. The molecule has 98 valence electrons. The number of hydrogen-bond donors (Lipinski definition) is 1. The van der Waals surface area contributed by atoms with E-state index in [0.29, 0.717) is 11.1 Å². The number of carbonyl (C=O) groups is 1. The maximum Gasteiger partial charge on any atom is 0.256 e. The van der Waals surface area contributed by atoms with Crippen molar-refractivity contribution in [3.8, 4) is 0 Å². The second kappa shape index (κ2) is 5.50. The number of benzene rings is 1. The van der Waals surface area contributed by atoms with Crippen molar-refractivity contribution in [1.29, 1.82) is 0 Å². The first-order chi connectivity index (χ1) is 8.95. The van der Waals surface area contributed by atoms with Gasteiger partial charge in [-0.05, 0) is 42.3 Å². The van der Waals surface area contributed by atoms with Gasteiger partial charge in [0.25, 0.3) is 5.91 Å². The minimum atomic E-state index is -0.436. The van der Waals surface area contributed by atoms with Crippen molar-refractivity contribution < 1.29 is 9.18 Å². The Morgan fingerprint density at radius 3 is 2.63 bits per heavy atom. The number of rotatable bonds is 2. The van der Waals surface area contributed by atoms with Crippen molar-refractivity contribution in [3.63, 3.8) is 0 Å². The van der Waals surface area contributed by atoms with Crippen molar-refractivity contribution in [2.24, 2.45) is 0 Å². The minimum Gasteiger partial charge on any atom is -0.306 e. The number of anilines is 1. The number of aromatic nitrogens is 2. The van der Waals surface area contributed by atoms with E-state index in [9.17, 15) is 9.18 Å². The third kappa shape index (κ3) is 3.39. The zero-order valence-corrected chi connectivity index (χ0v) is 11.3. The van der Waals surface area contributed by atoms with E-state index in [-0.39, 0.29) is 22.1 Å². The van der Waals surface area contributed by atoms with E-state index in [1.54, 1.807) is 6.92 Å². The number of carbonyl (C=O) groups excluding carboxylic acids is 1. The summed E-state index contributed by atoms with van der Waals surface area (Å²) in [6, 6.07) is 5.41. The first-order valence-corrected chi connectivity index (χ1v) is 5.99. The molecular formula is C12H8Cl2FN3O. The van der Waals surface area contributed by atoms with Gasteiger partial charge in [-0.3, -0.25) is 4.79 Å². The molecule has 0 atom stereocenters. The van der Waals surface area contributed by atoms with E-state index in [2.05, 4.69) is 15.3 Å². The lowest BCUT2D eigenvalue weighted by Crippen LogP contribution is -2.13. The minimum absolute atomic E-state index is 0.0712. The van der Waals surface area contributed by atoms with E-state index in [1.165, 1.54) is 24.3 Å². The van der Waals surface area contributed by atoms with Crippen molar-refractivity contribution >= 4 is 34.9 Å². The van der Waals surface area contributed by atoms with Crippen molar-refractivity contribution in [2.75, 3.05) is 5.32 Å². The Labute approximate surface area is 118 Å². The quantitative estimate of drug-likeness (QED) is 0.682. The van der Waals surface area contributed by atoms with Crippen LogP contribution in [0.2, 0.25) is 10.4 Å². The van der Waals surface area contributed by atoms with Gasteiger partial charge in [-0.25, -0.2) is 14.4 Å². The Bertz CT molecular complexity index is 629. The van der Waals surface area contributed by atoms with Gasteiger partial charge >= 0.3 is 0 Å². The molecule has 1 aromatic heterocycles. The highest BCUT2D eigenvalue weighted by Gasteiger charge is 2.10. The Kier molecular flexibility index (Phi) is 3.97. The van der Waals surface area contributed by atoms with Gasteiger partial charge in [0.05, 0.1) is 0 Å². The molecular weight excluding hydrogens is 292 g/mol. The highest BCUT2D eigenvalue weighted by Crippen LogP contribution is 2.16. The predicted molar refractivity (Wildman–Crippen MR) is 71.1 cm³/mol. The summed E-state index contributed by atoms with van der Waals surface area (Å²) in [5.74, 6) is -0.629. The van der Waals surface area contributed by atoms with Crippen molar-refractivity contribution in [1.82, 2.24) is 9.97 Å². The summed E-state index contributed by atoms with van der Waals surface area (Å²) in [5.41, 5.74) is 0.691. The maximum absolute atomic E-state index is 13.1. The Balaban J connectivity index is 2.22. The summed E-state index contributed by atoms with van der Waals surface area (Å²) in [5, 5.41) is 2.55. The molecule has 4 nitrogen and oxygen atoms in total. The molecule has 1 amide bonds. The molecule has 0 saturated carbocycles. The average Bonchev–Trinajstić information content (AvgIpc) is 2.31. The molecule has 0 fully saturated rings. The van der Waals surface area contributed by atoms with Crippen LogP contribution in [-0.4, -0.2) is 15.9 Å². The second-order valence-corrected chi connectivity index (χ2v) is 4.49. The third-order valence-electron chi connectivity index (χ3n) is 2.33. The lowest BCUT2D eigenvalue weighted by atomic mass is 10.1. The van der Waals surface area contributed by atoms with Gasteiger partial charge in [-0.1, -0.05) is 11.6 Å². The SMILES string of the molecule is Cc1cc(C(=O)Nc2cc(Cl)nc(Cl)n2)ccc1F. The fraction of sp³-hybridized carbons (Fsp3) is 0.0833. The van der Waals surface area contributed by atoms with E-state index >= 15 is 0 Å². The third-order valence-corrected chi connectivity index (χ3v) is 2.69. The average molecular weight is 300 g/mol. The Morgan fingerprint density at radius 1 is 1.26 bits per heavy atom. The molecule has 0 unspecified atom stereocenters. The van der Waals surface area contributed by atoms with Crippen LogP contribution in [0, 0.1) is 12.7 Å². The normalized spacial score (nSPS) is 10.3. The number of aryl methyl sites for hydroxylation is 1. The Hall–Kier alpha value is -1.72. The topological polar surface area (TPSA) is 54.9 Å². The lowest BCUT2D eigenvalue weighted by molar-refractivity contribution is 0.102. The summed E-state index contributed by atoms with van der Waals surface area (Å²) in [7, 11) is 0. The van der Waals surface area contributed by atoms with Crippen molar-refractivity contribution in [3.05, 3.63) is 51.6 Å². The molecule has 0 radical (unpaired) electrons. The fourth-order valence-electron chi connectivity index (χ4n) is 1.43. The molecule has 0 spiro atoms. The zero-order valence-electron chi connectivity index (χ0n) is 9.75. The zero-order chi connectivity index (χ0) is 14.0. The van der Waals surface area contributed by atoms with E-state index in [4.69, 9.17) is 23.2 Å². The summed E-state index contributed by atoms with van der Waals surface area (Å²) in [6.07, 6.45) is 0. The molecule has 1 aromatic carbocycles. The van der Waals surface area contributed by atoms with Gasteiger partial charge in [0.15, 0.2) is 0 Å². The fourth-order valence-corrected chi connectivity index (χ4v) is 1.84. The molecule has 0 saturated heterocycles. The first kappa shape index (κ1) is 13.7. The molecule has 0 aliphatic heterocycles. The number of halogens is 3. The largest absolute Gasteiger partial charge is 0.306 e. The van der Waals surface area contributed by atoms with E-state index < -0.39 is 5.91 Å². The maximum atomic E-state index is 13.1. The summed E-state index contributed by atoms with van der Waals surface area (Å²) in [4.78, 5) is 19.4. The molecule has 1 N–H and O–H groups in total. The van der Waals surface area contributed by atoms with Gasteiger partial charge in [0, 0.05) is 11.6 Å². The second-order valence-electron chi connectivity index (χ2n) is 3.76. The van der Waals surface area contributed by atoms with Gasteiger partial charge < -0.3 is 5.32 Å². The number of nitrogens with zero attached hydrogens (tertiary/aromatic N) is 2. The number of nitrogens with one attached hydrogen (secondary N) is 1. The molecule has 7 heteroatoms. The van der Waals surface area contributed by atoms with Crippen LogP contribution in [0.25, 0.3) is 0 Å². The van der Waals surface area contributed by atoms with Crippen LogP contribution in [0.5, 0.6) is 0 Å². The first-order valence-electron chi connectivity index (χ1n) is 5.23. The molecule has 1 heterocycles. The summed E-state index contributed by atoms with van der Waals surface area (Å²) < 4.78 is 13.1. The van der Waals surface area contributed by atoms with Crippen LogP contribution in [0.1, 0.15) is 15.9 Å². The Morgan fingerprint density at radius 2 is 2.00 bits per heavy atom. The smallest absolute Gasteiger partial charge is 0.256 e. The molecule has 0 aliphatic rings. The monoisotopic (exact) mass is 299 g/mol. The molecule has 2 rings (SSSR count). The van der Waals surface area contributed by atoms with Crippen LogP contribution in [0.15, 0.2) is 24.3 Å². The van der Waals surface area contributed by atoms with E-state index in [1.807, 2.05) is 0 Å².